The maximum atomic E-state index is 6.10. The highest BCUT2D eigenvalue weighted by molar-refractivity contribution is 6.30. The Kier molecular flexibility index (Phi) is 5.37. The van der Waals surface area contributed by atoms with Gasteiger partial charge in [-0.2, -0.15) is 0 Å². The number of quaternary nitrogens is 1. The molecule has 0 bridgehead atoms. The molecule has 2 aromatic rings. The normalized spacial score (nSPS) is 16.6. The summed E-state index contributed by atoms with van der Waals surface area (Å²) in [6, 6.07) is 18.8. The molecule has 3 heteroatoms. The van der Waals surface area contributed by atoms with E-state index in [1.807, 2.05) is 12.1 Å². The van der Waals surface area contributed by atoms with E-state index in [1.54, 1.807) is 4.90 Å². The lowest BCUT2D eigenvalue weighted by atomic mass is 10.1. The summed E-state index contributed by atoms with van der Waals surface area (Å²) in [6.07, 6.45) is 2.30. The van der Waals surface area contributed by atoms with Crippen LogP contribution in [-0.2, 0) is 0 Å². The van der Waals surface area contributed by atoms with Gasteiger partial charge in [0.25, 0.3) is 0 Å². The van der Waals surface area contributed by atoms with Crippen LogP contribution in [0.5, 0.6) is 0 Å². The molecule has 1 N–H and O–H groups in total. The van der Waals surface area contributed by atoms with Crippen LogP contribution in [0.3, 0.4) is 0 Å². The highest BCUT2D eigenvalue weighted by Crippen LogP contribution is 2.19. The molecule has 1 saturated heterocycles. The van der Waals surface area contributed by atoms with Crippen molar-refractivity contribution in [3.05, 3.63) is 70.8 Å². The molecule has 0 aliphatic carbocycles. The molecular weight excluding hydrogens is 304 g/mol. The number of nitrogens with one attached hydrogen (secondary N) is 1. The smallest absolute Gasteiger partial charge is 0.0989 e. The Morgan fingerprint density at radius 1 is 1.09 bits per heavy atom. The largest absolute Gasteiger partial charge is 0.360 e. The van der Waals surface area contributed by atoms with Gasteiger partial charge in [0, 0.05) is 10.7 Å². The summed E-state index contributed by atoms with van der Waals surface area (Å²) in [5, 5.41) is 0.818. The molecule has 0 saturated carbocycles. The van der Waals surface area contributed by atoms with Crippen LogP contribution in [0, 0.1) is 0 Å². The zero-order valence-electron chi connectivity index (χ0n) is 13.6. The van der Waals surface area contributed by atoms with Gasteiger partial charge in [0.05, 0.1) is 32.7 Å². The number of rotatable bonds is 4. The average molecular weight is 328 g/mol. The Morgan fingerprint density at radius 2 is 1.83 bits per heavy atom. The van der Waals surface area contributed by atoms with Crippen LogP contribution < -0.4 is 9.80 Å². The highest BCUT2D eigenvalue weighted by atomic mass is 35.5. The second kappa shape index (κ2) is 7.67. The van der Waals surface area contributed by atoms with Crippen molar-refractivity contribution in [1.82, 2.24) is 0 Å². The van der Waals surface area contributed by atoms with Crippen LogP contribution in [0.4, 0.5) is 5.69 Å². The van der Waals surface area contributed by atoms with Crippen LogP contribution in [-0.4, -0.2) is 32.7 Å². The molecular formula is C20H24ClN2+. The lowest BCUT2D eigenvalue weighted by molar-refractivity contribution is -0.895. The lowest BCUT2D eigenvalue weighted by Crippen LogP contribution is -3.15. The molecule has 3 rings (SSSR count). The molecule has 0 spiro atoms. The van der Waals surface area contributed by atoms with Crippen molar-refractivity contribution in [1.29, 1.82) is 0 Å². The van der Waals surface area contributed by atoms with E-state index >= 15 is 0 Å². The Bertz CT molecular complexity index is 658. The zero-order valence-corrected chi connectivity index (χ0v) is 14.4. The molecule has 2 aromatic carbocycles. The minimum absolute atomic E-state index is 0.818. The SMILES string of the molecule is C/C(=C/c1ccccc1)C[NH+]1CCN(c2cccc(Cl)c2)CC1. The Hall–Kier alpha value is -1.77. The monoisotopic (exact) mass is 327 g/mol. The standard InChI is InChI=1S/C20H23ClN2/c1-17(14-18-6-3-2-4-7-18)16-22-10-12-23(13-11-22)20-9-5-8-19(21)15-20/h2-9,14-15H,10-13,16H2,1H3/p+1/b17-14-. The van der Waals surface area contributed by atoms with E-state index in [2.05, 4.69) is 60.4 Å². The fourth-order valence-corrected chi connectivity index (χ4v) is 3.39. The van der Waals surface area contributed by atoms with Gasteiger partial charge in [-0.25, -0.2) is 0 Å². The molecule has 1 fully saturated rings. The molecule has 0 radical (unpaired) electrons. The molecule has 23 heavy (non-hydrogen) atoms. The minimum Gasteiger partial charge on any atom is -0.360 e. The summed E-state index contributed by atoms with van der Waals surface area (Å²) in [4.78, 5) is 4.10. The van der Waals surface area contributed by atoms with Crippen LogP contribution in [0.1, 0.15) is 12.5 Å². The van der Waals surface area contributed by atoms with Crippen LogP contribution in [0.15, 0.2) is 60.2 Å². The fourth-order valence-electron chi connectivity index (χ4n) is 3.21. The van der Waals surface area contributed by atoms with Gasteiger partial charge in [-0.15, -0.1) is 0 Å². The summed E-state index contributed by atoms with van der Waals surface area (Å²) in [7, 11) is 0. The van der Waals surface area contributed by atoms with E-state index in [-0.39, 0.29) is 0 Å². The van der Waals surface area contributed by atoms with E-state index in [9.17, 15) is 0 Å². The first-order valence-electron chi connectivity index (χ1n) is 8.27. The Morgan fingerprint density at radius 3 is 2.52 bits per heavy atom. The third-order valence-corrected chi connectivity index (χ3v) is 4.62. The van der Waals surface area contributed by atoms with Crippen molar-refractivity contribution < 1.29 is 4.90 Å². The Labute approximate surface area is 144 Å². The topological polar surface area (TPSA) is 7.68 Å². The van der Waals surface area contributed by atoms with Crippen LogP contribution >= 0.6 is 11.6 Å². The van der Waals surface area contributed by atoms with E-state index in [4.69, 9.17) is 11.6 Å². The lowest BCUT2D eigenvalue weighted by Gasteiger charge is -2.34. The van der Waals surface area contributed by atoms with Crippen molar-refractivity contribution in [3.8, 4) is 0 Å². The number of hydrogen-bond donors (Lipinski definition) is 1. The second-order valence-electron chi connectivity index (χ2n) is 6.30. The van der Waals surface area contributed by atoms with Gasteiger partial charge in [-0.1, -0.05) is 54.1 Å². The van der Waals surface area contributed by atoms with Gasteiger partial charge in [0.15, 0.2) is 0 Å². The zero-order chi connectivity index (χ0) is 16.1. The van der Waals surface area contributed by atoms with Gasteiger partial charge in [0.2, 0.25) is 0 Å². The summed E-state index contributed by atoms with van der Waals surface area (Å²) in [5.41, 5.74) is 3.98. The highest BCUT2D eigenvalue weighted by Gasteiger charge is 2.20. The molecule has 120 valence electrons. The van der Waals surface area contributed by atoms with Gasteiger partial charge in [-0.3, -0.25) is 0 Å². The van der Waals surface area contributed by atoms with Crippen molar-refractivity contribution in [2.24, 2.45) is 0 Å². The first-order chi connectivity index (χ1) is 11.2. The van der Waals surface area contributed by atoms with Crippen LogP contribution in [0.2, 0.25) is 5.02 Å². The van der Waals surface area contributed by atoms with Crippen molar-refractivity contribution in [2.75, 3.05) is 37.6 Å². The van der Waals surface area contributed by atoms with E-state index < -0.39 is 0 Å². The quantitative estimate of drug-likeness (QED) is 0.906. The third kappa shape index (κ3) is 4.60. The number of piperazine rings is 1. The van der Waals surface area contributed by atoms with Crippen molar-refractivity contribution >= 4 is 23.4 Å². The molecule has 0 amide bonds. The van der Waals surface area contributed by atoms with Gasteiger partial charge in [0.1, 0.15) is 0 Å². The third-order valence-electron chi connectivity index (χ3n) is 4.39. The summed E-state index contributed by atoms with van der Waals surface area (Å²) in [5.74, 6) is 0. The first kappa shape index (κ1) is 16.1. The number of benzene rings is 2. The second-order valence-corrected chi connectivity index (χ2v) is 6.73. The van der Waals surface area contributed by atoms with E-state index in [1.165, 1.54) is 29.9 Å². The van der Waals surface area contributed by atoms with Crippen molar-refractivity contribution in [3.63, 3.8) is 0 Å². The van der Waals surface area contributed by atoms with Gasteiger partial charge >= 0.3 is 0 Å². The summed E-state index contributed by atoms with van der Waals surface area (Å²) < 4.78 is 0. The molecule has 0 aromatic heterocycles. The number of halogens is 1. The molecule has 2 nitrogen and oxygen atoms in total. The number of anilines is 1. The van der Waals surface area contributed by atoms with E-state index in [0.717, 1.165) is 24.7 Å². The fraction of sp³-hybridized carbons (Fsp3) is 0.300. The van der Waals surface area contributed by atoms with Crippen LogP contribution in [0.25, 0.3) is 6.08 Å². The molecule has 0 atom stereocenters. The predicted octanol–water partition coefficient (Wildman–Crippen LogP) is 3.15. The first-order valence-corrected chi connectivity index (χ1v) is 8.65. The summed E-state index contributed by atoms with van der Waals surface area (Å²) >= 11 is 6.10. The molecule has 1 aliphatic rings. The maximum absolute atomic E-state index is 6.10. The predicted molar refractivity (Wildman–Crippen MR) is 99.3 cm³/mol. The summed E-state index contributed by atoms with van der Waals surface area (Å²) in [6.45, 7) is 7.89. The average Bonchev–Trinajstić information content (AvgIpc) is 2.56. The minimum atomic E-state index is 0.818. The maximum Gasteiger partial charge on any atom is 0.0989 e. The molecule has 1 aliphatic heterocycles. The molecule has 1 heterocycles. The van der Waals surface area contributed by atoms with Gasteiger partial charge < -0.3 is 9.80 Å². The van der Waals surface area contributed by atoms with E-state index in [0.29, 0.717) is 0 Å². The van der Waals surface area contributed by atoms with Gasteiger partial charge in [-0.05, 0) is 36.3 Å². The van der Waals surface area contributed by atoms with Crippen molar-refractivity contribution in [2.45, 2.75) is 6.92 Å². The number of nitrogens with zero attached hydrogens (tertiary/aromatic N) is 1. The molecule has 0 unspecified atom stereocenters. The number of hydrogen-bond acceptors (Lipinski definition) is 1. The Balaban J connectivity index is 1.54.